The predicted molar refractivity (Wildman–Crippen MR) is 35.9 cm³/mol. The first kappa shape index (κ1) is 9.38. The highest BCUT2D eigenvalue weighted by atomic mass is 32.2. The molecule has 0 aromatic carbocycles. The number of carbonyl (C=O) groups is 1. The van der Waals surface area contributed by atoms with Gasteiger partial charge in [-0.05, 0) is 0 Å². The van der Waals surface area contributed by atoms with Gasteiger partial charge in [-0.1, -0.05) is 0 Å². The van der Waals surface area contributed by atoms with E-state index in [-0.39, 0.29) is 6.54 Å². The Morgan fingerprint density at radius 2 is 2.10 bits per heavy atom. The molecule has 0 unspecified atom stereocenters. The van der Waals surface area contributed by atoms with Crippen molar-refractivity contribution in [2.24, 2.45) is 0 Å². The van der Waals surface area contributed by atoms with Crippen molar-refractivity contribution < 1.29 is 13.2 Å². The maximum atomic E-state index is 10.4. The number of hydrogen-bond donors (Lipinski definition) is 1. The van der Waals surface area contributed by atoms with Crippen LogP contribution < -0.4 is 10.0 Å². The van der Waals surface area contributed by atoms with Crippen molar-refractivity contribution in [1.29, 1.82) is 0 Å². The van der Waals surface area contributed by atoms with E-state index in [1.165, 1.54) is 7.05 Å². The van der Waals surface area contributed by atoms with Gasteiger partial charge in [-0.15, -0.1) is 4.72 Å². The molecule has 1 radical (unpaired) electrons. The monoisotopic (exact) mass is 165 g/mol. The molecule has 0 aliphatic carbocycles. The van der Waals surface area contributed by atoms with Crippen molar-refractivity contribution in [2.75, 3.05) is 19.8 Å². The summed E-state index contributed by atoms with van der Waals surface area (Å²) in [5.41, 5.74) is 0. The largest absolute Gasteiger partial charge is 0.358 e. The van der Waals surface area contributed by atoms with Crippen molar-refractivity contribution in [3.8, 4) is 0 Å². The quantitative estimate of drug-likeness (QED) is 0.541. The van der Waals surface area contributed by atoms with E-state index >= 15 is 0 Å². The van der Waals surface area contributed by atoms with Crippen LogP contribution in [0.3, 0.4) is 0 Å². The van der Waals surface area contributed by atoms with E-state index < -0.39 is 15.9 Å². The van der Waals surface area contributed by atoms with Gasteiger partial charge >= 0.3 is 0 Å². The summed E-state index contributed by atoms with van der Waals surface area (Å²) in [7, 11) is -1.95. The topological polar surface area (TPSA) is 77.3 Å². The molecule has 5 nitrogen and oxygen atoms in total. The zero-order chi connectivity index (χ0) is 8.20. The van der Waals surface area contributed by atoms with E-state index in [1.807, 2.05) is 0 Å². The van der Waals surface area contributed by atoms with Gasteiger partial charge in [0.2, 0.25) is 15.9 Å². The number of rotatable bonds is 3. The van der Waals surface area contributed by atoms with E-state index in [1.54, 1.807) is 0 Å². The molecule has 59 valence electrons. The van der Waals surface area contributed by atoms with E-state index in [2.05, 4.69) is 10.0 Å². The van der Waals surface area contributed by atoms with Gasteiger partial charge in [0.05, 0.1) is 6.26 Å². The molecule has 1 N–H and O–H groups in total. The summed E-state index contributed by atoms with van der Waals surface area (Å²) < 4.78 is 23.7. The molecule has 1 amide bonds. The van der Waals surface area contributed by atoms with Crippen LogP contribution in [-0.4, -0.2) is 34.2 Å². The summed E-state index contributed by atoms with van der Waals surface area (Å²) in [6.07, 6.45) is 0.940. The molecular formula is C4H9N2O3S. The van der Waals surface area contributed by atoms with Crippen LogP contribution in [0.25, 0.3) is 0 Å². The Balaban J connectivity index is 3.67. The molecule has 0 aromatic rings. The highest BCUT2D eigenvalue weighted by molar-refractivity contribution is 7.88. The molecule has 0 saturated carbocycles. The summed E-state index contributed by atoms with van der Waals surface area (Å²) in [6.45, 7) is -0.324. The minimum Gasteiger partial charge on any atom is -0.358 e. The van der Waals surface area contributed by atoms with Gasteiger partial charge in [0, 0.05) is 7.05 Å². The van der Waals surface area contributed by atoms with Crippen LogP contribution in [0.5, 0.6) is 0 Å². The molecule has 6 heteroatoms. The van der Waals surface area contributed by atoms with Crippen LogP contribution >= 0.6 is 0 Å². The van der Waals surface area contributed by atoms with Crippen LogP contribution in [0.15, 0.2) is 0 Å². The van der Waals surface area contributed by atoms with Crippen molar-refractivity contribution in [3.05, 3.63) is 0 Å². The second-order valence-electron chi connectivity index (χ2n) is 1.69. The number of amides is 1. The van der Waals surface area contributed by atoms with Gasteiger partial charge in [0.1, 0.15) is 6.54 Å². The van der Waals surface area contributed by atoms with Gasteiger partial charge in [-0.25, -0.2) is 8.42 Å². The summed E-state index contributed by atoms with van der Waals surface area (Å²) in [5.74, 6) is -0.412. The van der Waals surface area contributed by atoms with Gasteiger partial charge in [0.25, 0.3) is 0 Å². The van der Waals surface area contributed by atoms with E-state index in [9.17, 15) is 13.2 Å². The number of likely N-dealkylation sites (N-methyl/N-ethyl adjacent to an activating group) is 1. The fourth-order valence-corrected chi connectivity index (χ4v) is 0.607. The smallest absolute Gasteiger partial charge is 0.236 e. The van der Waals surface area contributed by atoms with Crippen molar-refractivity contribution in [3.63, 3.8) is 0 Å². The molecule has 10 heavy (non-hydrogen) atoms. The fraction of sp³-hybridized carbons (Fsp3) is 0.750. The normalized spacial score (nSPS) is 11.0. The molecule has 0 aliphatic rings. The molecule has 0 saturated heterocycles. The van der Waals surface area contributed by atoms with E-state index in [0.717, 1.165) is 6.26 Å². The first-order valence-corrected chi connectivity index (χ1v) is 4.40. The maximum absolute atomic E-state index is 10.4. The molecule has 0 aliphatic heterocycles. The summed E-state index contributed by atoms with van der Waals surface area (Å²) in [5, 5.41) is 2.24. The van der Waals surface area contributed by atoms with Crippen LogP contribution in [0.2, 0.25) is 0 Å². The lowest BCUT2D eigenvalue weighted by atomic mass is 10.6. The molecular weight excluding hydrogens is 156 g/mol. The standard InChI is InChI=1S/C4H9N2O3S/c1-5-4(7)3-6-10(2,8)9/h3H2,1-2H3,(H,5,7). The van der Waals surface area contributed by atoms with Crippen LogP contribution in [0, 0.1) is 0 Å². The lowest BCUT2D eigenvalue weighted by molar-refractivity contribution is -0.119. The van der Waals surface area contributed by atoms with Crippen LogP contribution in [0.4, 0.5) is 0 Å². The molecule has 0 bridgehead atoms. The van der Waals surface area contributed by atoms with Crippen LogP contribution in [-0.2, 0) is 14.8 Å². The average Bonchev–Trinajstić information content (AvgIpc) is 1.81. The zero-order valence-electron chi connectivity index (χ0n) is 5.79. The number of hydrogen-bond acceptors (Lipinski definition) is 3. The number of nitrogens with zero attached hydrogens (tertiary/aromatic N) is 1. The second-order valence-corrected chi connectivity index (χ2v) is 3.42. The van der Waals surface area contributed by atoms with E-state index in [0.29, 0.717) is 0 Å². The first-order valence-electron chi connectivity index (χ1n) is 2.55. The summed E-state index contributed by atoms with van der Waals surface area (Å²) >= 11 is 0. The Morgan fingerprint density at radius 1 is 1.60 bits per heavy atom. The Hall–Kier alpha value is -0.620. The number of carbonyl (C=O) groups excluding carboxylic acids is 1. The van der Waals surface area contributed by atoms with E-state index in [4.69, 9.17) is 0 Å². The number of nitrogens with one attached hydrogen (secondary N) is 1. The molecule has 0 atom stereocenters. The molecule has 0 fully saturated rings. The molecule has 0 spiro atoms. The minimum atomic E-state index is -3.37. The van der Waals surface area contributed by atoms with Gasteiger partial charge in [0.15, 0.2) is 0 Å². The highest BCUT2D eigenvalue weighted by Crippen LogP contribution is 1.74. The third-order valence-electron chi connectivity index (χ3n) is 0.722. The predicted octanol–water partition coefficient (Wildman–Crippen LogP) is -1.70. The van der Waals surface area contributed by atoms with Gasteiger partial charge in [-0.3, -0.25) is 4.79 Å². The fourth-order valence-electron chi connectivity index (χ4n) is 0.255. The second kappa shape index (κ2) is 3.52. The van der Waals surface area contributed by atoms with Gasteiger partial charge in [-0.2, -0.15) is 0 Å². The molecule has 0 aromatic heterocycles. The third-order valence-corrected chi connectivity index (χ3v) is 1.32. The molecule has 0 rings (SSSR count). The zero-order valence-corrected chi connectivity index (χ0v) is 6.60. The Bertz CT molecular complexity index is 209. The first-order chi connectivity index (χ1) is 4.45. The number of sulfonamides is 1. The highest BCUT2D eigenvalue weighted by Gasteiger charge is 2.05. The Morgan fingerprint density at radius 3 is 2.40 bits per heavy atom. The lowest BCUT2D eigenvalue weighted by Crippen LogP contribution is -2.29. The maximum Gasteiger partial charge on any atom is 0.236 e. The van der Waals surface area contributed by atoms with Crippen molar-refractivity contribution >= 4 is 15.9 Å². The molecule has 0 heterocycles. The lowest BCUT2D eigenvalue weighted by Gasteiger charge is -1.96. The van der Waals surface area contributed by atoms with Crippen molar-refractivity contribution in [2.45, 2.75) is 0 Å². The van der Waals surface area contributed by atoms with Gasteiger partial charge < -0.3 is 5.32 Å². The minimum absolute atomic E-state index is 0.324. The third kappa shape index (κ3) is 5.52. The average molecular weight is 165 g/mol. The SMILES string of the molecule is CNC(=O)C[N]S(C)(=O)=O. The summed E-state index contributed by atoms with van der Waals surface area (Å²) in [6, 6.07) is 0. The van der Waals surface area contributed by atoms with Crippen LogP contribution in [0.1, 0.15) is 0 Å². The Kier molecular flexibility index (Phi) is 3.31. The summed E-state index contributed by atoms with van der Waals surface area (Å²) in [4.78, 5) is 10.4. The Labute approximate surface area is 59.9 Å². The van der Waals surface area contributed by atoms with Crippen molar-refractivity contribution in [1.82, 2.24) is 10.0 Å².